The third-order valence-electron chi connectivity index (χ3n) is 6.70. The Bertz CT molecular complexity index is 1060. The van der Waals surface area contributed by atoms with E-state index in [0.717, 1.165) is 44.1 Å². The van der Waals surface area contributed by atoms with Crippen molar-refractivity contribution in [3.05, 3.63) is 35.2 Å². The monoisotopic (exact) mass is 500 g/mol. The normalized spacial score (nSPS) is 23.0. The van der Waals surface area contributed by atoms with Crippen molar-refractivity contribution >= 4 is 46.1 Å². The second kappa shape index (κ2) is 9.95. The van der Waals surface area contributed by atoms with Gasteiger partial charge in [0.1, 0.15) is 6.04 Å². The van der Waals surface area contributed by atoms with Crippen molar-refractivity contribution in [1.82, 2.24) is 15.2 Å². The standard InChI is InChI=1S/C24H28N4O4S2/c29-20(25-17-10-11-17)15-8-6-14(7-9-15)18-12-34-23(26-18)27-21(30)19-13-33-22(28(19)24(31)32)16-4-2-1-3-5-16/h6-9,12,16-17,19,22H,1-5,10-11,13H2,(H,25,29)(H,31,32)(H,26,27,30). The minimum absolute atomic E-state index is 0.0655. The highest BCUT2D eigenvalue weighted by molar-refractivity contribution is 8.00. The highest BCUT2D eigenvalue weighted by Crippen LogP contribution is 2.40. The molecule has 0 spiro atoms. The van der Waals surface area contributed by atoms with Crippen LogP contribution in [0.3, 0.4) is 0 Å². The zero-order valence-electron chi connectivity index (χ0n) is 18.7. The van der Waals surface area contributed by atoms with Crippen LogP contribution in [-0.2, 0) is 4.79 Å². The van der Waals surface area contributed by atoms with Gasteiger partial charge in [0.15, 0.2) is 5.13 Å². The average molecular weight is 501 g/mol. The number of hydrogen-bond acceptors (Lipinski definition) is 6. The smallest absolute Gasteiger partial charge is 0.408 e. The van der Waals surface area contributed by atoms with Crippen molar-refractivity contribution in [3.8, 4) is 11.3 Å². The summed E-state index contributed by atoms with van der Waals surface area (Å²) in [4.78, 5) is 43.1. The van der Waals surface area contributed by atoms with E-state index in [1.165, 1.54) is 22.7 Å². The first-order chi connectivity index (χ1) is 16.5. The average Bonchev–Trinajstić information content (AvgIpc) is 3.35. The fraction of sp³-hybridized carbons (Fsp3) is 0.500. The van der Waals surface area contributed by atoms with Crippen LogP contribution in [0.4, 0.5) is 9.93 Å². The number of thiazole rings is 1. The van der Waals surface area contributed by atoms with E-state index in [1.807, 2.05) is 17.5 Å². The van der Waals surface area contributed by atoms with Gasteiger partial charge in [0.2, 0.25) is 5.91 Å². The number of aromatic nitrogens is 1. The van der Waals surface area contributed by atoms with Gasteiger partial charge in [-0.15, -0.1) is 23.1 Å². The van der Waals surface area contributed by atoms with E-state index in [2.05, 4.69) is 15.6 Å². The Morgan fingerprint density at radius 2 is 1.76 bits per heavy atom. The zero-order chi connectivity index (χ0) is 23.7. The van der Waals surface area contributed by atoms with Gasteiger partial charge in [0.05, 0.1) is 11.1 Å². The van der Waals surface area contributed by atoms with Gasteiger partial charge < -0.3 is 15.7 Å². The van der Waals surface area contributed by atoms with E-state index in [0.29, 0.717) is 34.1 Å². The molecule has 3 N–H and O–H groups in total. The number of nitrogens with zero attached hydrogens (tertiary/aromatic N) is 2. The number of thioether (sulfide) groups is 1. The molecule has 2 atom stereocenters. The maximum absolute atomic E-state index is 13.0. The Kier molecular flexibility index (Phi) is 6.78. The molecule has 3 amide bonds. The van der Waals surface area contributed by atoms with Gasteiger partial charge in [0.25, 0.3) is 5.91 Å². The Morgan fingerprint density at radius 3 is 2.44 bits per heavy atom. The summed E-state index contributed by atoms with van der Waals surface area (Å²) in [5, 5.41) is 17.8. The molecule has 8 nitrogen and oxygen atoms in total. The number of carboxylic acid groups (broad SMARTS) is 1. The van der Waals surface area contributed by atoms with Gasteiger partial charge in [0, 0.05) is 28.3 Å². The van der Waals surface area contributed by atoms with Gasteiger partial charge in [-0.25, -0.2) is 9.78 Å². The van der Waals surface area contributed by atoms with E-state index >= 15 is 0 Å². The third-order valence-corrected chi connectivity index (χ3v) is 8.92. The van der Waals surface area contributed by atoms with Gasteiger partial charge in [-0.1, -0.05) is 31.4 Å². The molecular formula is C24H28N4O4S2. The van der Waals surface area contributed by atoms with Crippen molar-refractivity contribution in [3.63, 3.8) is 0 Å². The lowest BCUT2D eigenvalue weighted by molar-refractivity contribution is -0.120. The molecule has 5 rings (SSSR count). The second-order valence-electron chi connectivity index (χ2n) is 9.18. The number of hydrogen-bond donors (Lipinski definition) is 3. The lowest BCUT2D eigenvalue weighted by Gasteiger charge is -2.33. The van der Waals surface area contributed by atoms with E-state index < -0.39 is 12.1 Å². The highest BCUT2D eigenvalue weighted by atomic mass is 32.2. The van der Waals surface area contributed by atoms with Crippen LogP contribution in [0, 0.1) is 5.92 Å². The number of carbonyl (C=O) groups is 3. The van der Waals surface area contributed by atoms with Crippen LogP contribution in [0.25, 0.3) is 11.3 Å². The molecule has 2 aliphatic carbocycles. The predicted octanol–water partition coefficient (Wildman–Crippen LogP) is 4.64. The molecular weight excluding hydrogens is 472 g/mol. The highest BCUT2D eigenvalue weighted by Gasteiger charge is 2.45. The number of rotatable bonds is 6. The summed E-state index contributed by atoms with van der Waals surface area (Å²) in [5.41, 5.74) is 2.16. The van der Waals surface area contributed by atoms with Crippen LogP contribution in [0.2, 0.25) is 0 Å². The Hall–Kier alpha value is -2.59. The molecule has 34 heavy (non-hydrogen) atoms. The zero-order valence-corrected chi connectivity index (χ0v) is 20.4. The van der Waals surface area contributed by atoms with Gasteiger partial charge in [-0.05, 0) is 43.7 Å². The molecule has 1 aliphatic heterocycles. The van der Waals surface area contributed by atoms with Crippen LogP contribution in [0.15, 0.2) is 29.6 Å². The van der Waals surface area contributed by atoms with Crippen LogP contribution >= 0.6 is 23.1 Å². The summed E-state index contributed by atoms with van der Waals surface area (Å²) >= 11 is 2.88. The molecule has 0 bridgehead atoms. The van der Waals surface area contributed by atoms with Crippen LogP contribution in [-0.4, -0.2) is 56.1 Å². The third kappa shape index (κ3) is 5.07. The number of nitrogens with one attached hydrogen (secondary N) is 2. The van der Waals surface area contributed by atoms with Gasteiger partial charge in [-0.2, -0.15) is 0 Å². The van der Waals surface area contributed by atoms with Crippen molar-refractivity contribution in [2.45, 2.75) is 62.4 Å². The van der Waals surface area contributed by atoms with Crippen LogP contribution < -0.4 is 10.6 Å². The minimum atomic E-state index is -1.04. The molecule has 0 radical (unpaired) electrons. The fourth-order valence-electron chi connectivity index (χ4n) is 4.70. The van der Waals surface area contributed by atoms with Crippen molar-refractivity contribution < 1.29 is 19.5 Å². The molecule has 1 saturated heterocycles. The number of carbonyl (C=O) groups excluding carboxylic acids is 2. The topological polar surface area (TPSA) is 112 Å². The Morgan fingerprint density at radius 1 is 1.03 bits per heavy atom. The second-order valence-corrected chi connectivity index (χ2v) is 11.2. The summed E-state index contributed by atoms with van der Waals surface area (Å²) in [6.07, 6.45) is 6.55. The van der Waals surface area contributed by atoms with E-state index in [4.69, 9.17) is 0 Å². The van der Waals surface area contributed by atoms with Crippen LogP contribution in [0.5, 0.6) is 0 Å². The Balaban J connectivity index is 1.22. The molecule has 10 heteroatoms. The van der Waals surface area contributed by atoms with Crippen LogP contribution in [0.1, 0.15) is 55.3 Å². The quantitative estimate of drug-likeness (QED) is 0.533. The molecule has 1 aromatic carbocycles. The number of benzene rings is 1. The maximum Gasteiger partial charge on any atom is 0.408 e. The van der Waals surface area contributed by atoms with Crippen molar-refractivity contribution in [2.24, 2.45) is 5.92 Å². The molecule has 1 aromatic heterocycles. The largest absolute Gasteiger partial charge is 0.465 e. The number of amides is 3. The molecule has 2 unspecified atom stereocenters. The number of anilines is 1. The van der Waals surface area contributed by atoms with E-state index in [9.17, 15) is 19.5 Å². The summed E-state index contributed by atoms with van der Waals surface area (Å²) in [7, 11) is 0. The molecule has 3 fully saturated rings. The minimum Gasteiger partial charge on any atom is -0.465 e. The van der Waals surface area contributed by atoms with Crippen molar-refractivity contribution in [1.29, 1.82) is 0 Å². The fourth-order valence-corrected chi connectivity index (χ4v) is 7.05. The Labute approximate surface area is 206 Å². The predicted molar refractivity (Wildman–Crippen MR) is 133 cm³/mol. The molecule has 2 aromatic rings. The first kappa shape index (κ1) is 23.2. The molecule has 3 aliphatic rings. The van der Waals surface area contributed by atoms with Gasteiger partial charge >= 0.3 is 6.09 Å². The lowest BCUT2D eigenvalue weighted by Crippen LogP contribution is -2.49. The summed E-state index contributed by atoms with van der Waals surface area (Å²) < 4.78 is 0. The molecule has 2 saturated carbocycles. The SMILES string of the molecule is O=C(NC1CC1)c1ccc(-c2csc(NC(=O)C3CSC(C4CCCCC4)N3C(=O)O)n2)cc1. The first-order valence-electron chi connectivity index (χ1n) is 11.8. The summed E-state index contributed by atoms with van der Waals surface area (Å²) in [6.45, 7) is 0. The first-order valence-corrected chi connectivity index (χ1v) is 13.7. The molecule has 2 heterocycles. The van der Waals surface area contributed by atoms with E-state index in [1.54, 1.807) is 23.9 Å². The molecule has 180 valence electrons. The van der Waals surface area contributed by atoms with Gasteiger partial charge in [-0.3, -0.25) is 14.5 Å². The lowest BCUT2D eigenvalue weighted by atomic mass is 9.88. The summed E-state index contributed by atoms with van der Waals surface area (Å²) in [5.74, 6) is 0.376. The van der Waals surface area contributed by atoms with Crippen molar-refractivity contribution in [2.75, 3.05) is 11.1 Å². The maximum atomic E-state index is 13.0. The van der Waals surface area contributed by atoms with E-state index in [-0.39, 0.29) is 17.2 Å². The summed E-state index contributed by atoms with van der Waals surface area (Å²) in [6, 6.07) is 6.83.